The molecule has 0 heterocycles. The molecular weight excluding hydrogens is 264 g/mol. The Morgan fingerprint density at radius 3 is 2.29 bits per heavy atom. The lowest BCUT2D eigenvalue weighted by Gasteiger charge is -2.07. The zero-order chi connectivity index (χ0) is 15.8. The number of hydrogen-bond acceptors (Lipinski definition) is 3. The molecule has 0 saturated heterocycles. The molecule has 1 atom stereocenters. The molecule has 0 amide bonds. The predicted molar refractivity (Wildman–Crippen MR) is 88.2 cm³/mol. The number of hydrogen-bond donors (Lipinski definition) is 1. The average Bonchev–Trinajstić information content (AvgIpc) is 2.45. The SMILES string of the molecule is CCC/C=C\CC(O)CCCCCCCCCOC(C)=O. The molecule has 0 spiro atoms. The van der Waals surface area contributed by atoms with E-state index in [9.17, 15) is 9.90 Å². The third kappa shape index (κ3) is 17.1. The summed E-state index contributed by atoms with van der Waals surface area (Å²) in [6.45, 7) is 4.18. The Bertz CT molecular complexity index is 261. The van der Waals surface area contributed by atoms with Gasteiger partial charge in [0.05, 0.1) is 12.7 Å². The summed E-state index contributed by atoms with van der Waals surface area (Å²) in [5.74, 6) is -0.182. The van der Waals surface area contributed by atoms with Gasteiger partial charge >= 0.3 is 5.97 Å². The third-order valence-electron chi connectivity index (χ3n) is 3.52. The maximum Gasteiger partial charge on any atom is 0.302 e. The fourth-order valence-electron chi connectivity index (χ4n) is 2.24. The number of carbonyl (C=O) groups excluding carboxylic acids is 1. The van der Waals surface area contributed by atoms with Crippen LogP contribution in [0.3, 0.4) is 0 Å². The standard InChI is InChI=1S/C18H34O3/c1-3-4-5-11-14-18(20)15-12-9-7-6-8-10-13-16-21-17(2)19/h5,11,18,20H,3-4,6-10,12-16H2,1-2H3/b11-5-. The van der Waals surface area contributed by atoms with Crippen molar-refractivity contribution in [3.63, 3.8) is 0 Å². The summed E-state index contributed by atoms with van der Waals surface area (Å²) >= 11 is 0. The van der Waals surface area contributed by atoms with Crippen molar-refractivity contribution < 1.29 is 14.6 Å². The van der Waals surface area contributed by atoms with Crippen molar-refractivity contribution in [3.05, 3.63) is 12.2 Å². The second-order valence-electron chi connectivity index (χ2n) is 5.75. The summed E-state index contributed by atoms with van der Waals surface area (Å²) < 4.78 is 4.89. The molecule has 0 rings (SSSR count). The summed E-state index contributed by atoms with van der Waals surface area (Å²) in [5.41, 5.74) is 0. The molecule has 0 saturated carbocycles. The second-order valence-corrected chi connectivity index (χ2v) is 5.75. The molecule has 124 valence electrons. The highest BCUT2D eigenvalue weighted by Crippen LogP contribution is 2.11. The van der Waals surface area contributed by atoms with Crippen LogP contribution in [0.1, 0.15) is 84.5 Å². The van der Waals surface area contributed by atoms with Crippen LogP contribution in [0.25, 0.3) is 0 Å². The van der Waals surface area contributed by atoms with E-state index in [0.717, 1.165) is 38.5 Å². The fourth-order valence-corrected chi connectivity index (χ4v) is 2.24. The number of unbranched alkanes of at least 4 members (excludes halogenated alkanes) is 7. The van der Waals surface area contributed by atoms with Crippen molar-refractivity contribution in [2.45, 2.75) is 90.6 Å². The van der Waals surface area contributed by atoms with Crippen LogP contribution in [-0.4, -0.2) is 23.8 Å². The van der Waals surface area contributed by atoms with Crippen molar-refractivity contribution >= 4 is 5.97 Å². The lowest BCUT2D eigenvalue weighted by molar-refractivity contribution is -0.141. The van der Waals surface area contributed by atoms with Gasteiger partial charge in [0.25, 0.3) is 0 Å². The minimum absolute atomic E-state index is 0.165. The smallest absolute Gasteiger partial charge is 0.302 e. The molecule has 0 aliphatic heterocycles. The van der Waals surface area contributed by atoms with Crippen molar-refractivity contribution in [1.82, 2.24) is 0 Å². The molecule has 1 unspecified atom stereocenters. The average molecular weight is 298 g/mol. The van der Waals surface area contributed by atoms with Crippen molar-refractivity contribution in [1.29, 1.82) is 0 Å². The van der Waals surface area contributed by atoms with Crippen LogP contribution < -0.4 is 0 Å². The first-order chi connectivity index (χ1) is 10.2. The van der Waals surface area contributed by atoms with Crippen LogP contribution in [0.15, 0.2) is 12.2 Å². The number of allylic oxidation sites excluding steroid dienone is 1. The van der Waals surface area contributed by atoms with Crippen molar-refractivity contribution in [2.24, 2.45) is 0 Å². The van der Waals surface area contributed by atoms with Gasteiger partial charge in [-0.3, -0.25) is 4.79 Å². The predicted octanol–water partition coefficient (Wildman–Crippen LogP) is 4.78. The van der Waals surface area contributed by atoms with E-state index in [1.54, 1.807) is 0 Å². The van der Waals surface area contributed by atoms with Gasteiger partial charge in [-0.2, -0.15) is 0 Å². The van der Waals surface area contributed by atoms with Crippen LogP contribution in [0, 0.1) is 0 Å². The highest BCUT2D eigenvalue weighted by Gasteiger charge is 2.01. The Kier molecular flexibility index (Phi) is 14.9. The summed E-state index contributed by atoms with van der Waals surface area (Å²) in [6, 6.07) is 0. The van der Waals surface area contributed by atoms with Gasteiger partial charge in [0.2, 0.25) is 0 Å². The van der Waals surface area contributed by atoms with Crippen LogP contribution in [0.5, 0.6) is 0 Å². The number of aliphatic hydroxyl groups excluding tert-OH is 1. The molecular formula is C18H34O3. The molecule has 0 aliphatic carbocycles. The molecule has 0 aromatic rings. The fraction of sp³-hybridized carbons (Fsp3) is 0.833. The lowest BCUT2D eigenvalue weighted by Crippen LogP contribution is -2.04. The second kappa shape index (κ2) is 15.6. The van der Waals surface area contributed by atoms with Gasteiger partial charge in [-0.25, -0.2) is 0 Å². The van der Waals surface area contributed by atoms with E-state index in [2.05, 4.69) is 19.1 Å². The van der Waals surface area contributed by atoms with E-state index in [-0.39, 0.29) is 12.1 Å². The third-order valence-corrected chi connectivity index (χ3v) is 3.52. The monoisotopic (exact) mass is 298 g/mol. The summed E-state index contributed by atoms with van der Waals surface area (Å²) in [4.78, 5) is 10.6. The van der Waals surface area contributed by atoms with Gasteiger partial charge in [0.15, 0.2) is 0 Å². The lowest BCUT2D eigenvalue weighted by atomic mass is 10.0. The summed E-state index contributed by atoms with van der Waals surface area (Å²) in [6.07, 6.45) is 16.3. The van der Waals surface area contributed by atoms with Crippen molar-refractivity contribution in [3.8, 4) is 0 Å². The van der Waals surface area contributed by atoms with Crippen LogP contribution in [0.4, 0.5) is 0 Å². The zero-order valence-corrected chi connectivity index (χ0v) is 14.0. The maximum absolute atomic E-state index is 10.6. The van der Waals surface area contributed by atoms with E-state index < -0.39 is 0 Å². The van der Waals surface area contributed by atoms with Gasteiger partial charge in [-0.15, -0.1) is 0 Å². The number of esters is 1. The Labute approximate surface area is 130 Å². The minimum Gasteiger partial charge on any atom is -0.466 e. The molecule has 0 aliphatic rings. The highest BCUT2D eigenvalue weighted by atomic mass is 16.5. The zero-order valence-electron chi connectivity index (χ0n) is 14.0. The summed E-state index contributed by atoms with van der Waals surface area (Å²) in [7, 11) is 0. The van der Waals surface area contributed by atoms with Crippen LogP contribution >= 0.6 is 0 Å². The first-order valence-electron chi connectivity index (χ1n) is 8.63. The van der Waals surface area contributed by atoms with E-state index >= 15 is 0 Å². The molecule has 1 N–H and O–H groups in total. The van der Waals surface area contributed by atoms with E-state index in [0.29, 0.717) is 6.61 Å². The Hall–Kier alpha value is -0.830. The number of aliphatic hydroxyl groups is 1. The largest absolute Gasteiger partial charge is 0.466 e. The minimum atomic E-state index is -0.182. The molecule has 0 fully saturated rings. The van der Waals surface area contributed by atoms with Crippen LogP contribution in [-0.2, 0) is 9.53 Å². The van der Waals surface area contributed by atoms with Crippen molar-refractivity contribution in [2.75, 3.05) is 6.61 Å². The number of carbonyl (C=O) groups is 1. The van der Waals surface area contributed by atoms with Gasteiger partial charge < -0.3 is 9.84 Å². The molecule has 0 radical (unpaired) electrons. The molecule has 3 heteroatoms. The molecule has 0 aromatic carbocycles. The van der Waals surface area contributed by atoms with E-state index in [1.807, 2.05) is 0 Å². The first-order valence-corrected chi connectivity index (χ1v) is 8.63. The molecule has 0 aromatic heterocycles. The highest BCUT2D eigenvalue weighted by molar-refractivity contribution is 5.65. The topological polar surface area (TPSA) is 46.5 Å². The van der Waals surface area contributed by atoms with E-state index in [4.69, 9.17) is 4.74 Å². The molecule has 0 bridgehead atoms. The van der Waals surface area contributed by atoms with Crippen LogP contribution in [0.2, 0.25) is 0 Å². The Morgan fingerprint density at radius 2 is 1.67 bits per heavy atom. The van der Waals surface area contributed by atoms with Gasteiger partial charge in [-0.1, -0.05) is 64.0 Å². The normalized spacial score (nSPS) is 12.7. The van der Waals surface area contributed by atoms with Gasteiger partial charge in [-0.05, 0) is 25.7 Å². The molecule has 21 heavy (non-hydrogen) atoms. The molecule has 3 nitrogen and oxygen atoms in total. The summed E-state index contributed by atoms with van der Waals surface area (Å²) in [5, 5.41) is 9.80. The van der Waals surface area contributed by atoms with Gasteiger partial charge in [0, 0.05) is 6.92 Å². The van der Waals surface area contributed by atoms with E-state index in [1.165, 1.54) is 39.0 Å². The number of ether oxygens (including phenoxy) is 1. The van der Waals surface area contributed by atoms with Gasteiger partial charge in [0.1, 0.15) is 0 Å². The Morgan fingerprint density at radius 1 is 1.05 bits per heavy atom. The number of rotatable bonds is 14. The quantitative estimate of drug-likeness (QED) is 0.285. The first kappa shape index (κ1) is 20.2. The maximum atomic E-state index is 10.6. The Balaban J connectivity index is 3.19.